The van der Waals surface area contributed by atoms with Crippen LogP contribution in [0.3, 0.4) is 0 Å². The lowest BCUT2D eigenvalue weighted by Crippen LogP contribution is -2.07. The summed E-state index contributed by atoms with van der Waals surface area (Å²) in [5.41, 5.74) is -0.154. The van der Waals surface area contributed by atoms with Crippen LogP contribution in [0.1, 0.15) is 22.7 Å². The van der Waals surface area contributed by atoms with Crippen LogP contribution >= 0.6 is 11.6 Å². The fraction of sp³-hybridized carbons (Fsp3) is 0.444. The number of aryl methyl sites for hydroxylation is 1. The average Bonchev–Trinajstić information content (AvgIpc) is 2.20. The van der Waals surface area contributed by atoms with E-state index in [0.29, 0.717) is 18.9 Å². The van der Waals surface area contributed by atoms with Gasteiger partial charge in [0.1, 0.15) is 5.82 Å². The molecule has 1 rings (SSSR count). The van der Waals surface area contributed by atoms with Crippen molar-refractivity contribution in [2.75, 3.05) is 13.7 Å². The van der Waals surface area contributed by atoms with Crippen LogP contribution in [0.25, 0.3) is 0 Å². The van der Waals surface area contributed by atoms with E-state index in [1.807, 2.05) is 0 Å². The molecule has 0 atom stereocenters. The lowest BCUT2D eigenvalue weighted by molar-refractivity contribution is 0.0690. The van der Waals surface area contributed by atoms with Gasteiger partial charge in [0.05, 0.1) is 11.2 Å². The van der Waals surface area contributed by atoms with Gasteiger partial charge in [0.25, 0.3) is 0 Å². The van der Waals surface area contributed by atoms with Gasteiger partial charge in [-0.15, -0.1) is 0 Å². The quantitative estimate of drug-likeness (QED) is 0.775. The molecule has 0 radical (unpaired) electrons. The molecule has 1 N–H and O–H groups in total. The van der Waals surface area contributed by atoms with Crippen LogP contribution in [0.15, 0.2) is 6.20 Å². The maximum Gasteiger partial charge on any atom is 0.356 e. The number of hydrogen-bond acceptors (Lipinski definition) is 4. The number of rotatable bonds is 5. The number of carboxylic acid groups (broad SMARTS) is 1. The maximum absolute atomic E-state index is 10.7. The van der Waals surface area contributed by atoms with Crippen LogP contribution in [0, 0.1) is 0 Å². The van der Waals surface area contributed by atoms with E-state index in [-0.39, 0.29) is 10.7 Å². The molecule has 1 aromatic heterocycles. The molecule has 0 aliphatic heterocycles. The number of nitrogens with zero attached hydrogens (tertiary/aromatic N) is 2. The molecule has 1 aromatic rings. The third-order valence-corrected chi connectivity index (χ3v) is 2.02. The number of hydrogen-bond donors (Lipinski definition) is 1. The lowest BCUT2D eigenvalue weighted by atomic mass is 10.3. The van der Waals surface area contributed by atoms with Crippen LogP contribution < -0.4 is 0 Å². The van der Waals surface area contributed by atoms with E-state index in [9.17, 15) is 4.79 Å². The smallest absolute Gasteiger partial charge is 0.356 e. The average molecular weight is 231 g/mol. The summed E-state index contributed by atoms with van der Waals surface area (Å²) >= 11 is 5.62. The topological polar surface area (TPSA) is 72.3 Å². The molecule has 6 heteroatoms. The van der Waals surface area contributed by atoms with Gasteiger partial charge in [-0.3, -0.25) is 0 Å². The summed E-state index contributed by atoms with van der Waals surface area (Å²) in [5, 5.41) is 8.82. The number of ether oxygens (including phenoxy) is 1. The number of aromatic carboxylic acids is 1. The second kappa shape index (κ2) is 5.63. The predicted molar refractivity (Wildman–Crippen MR) is 54.2 cm³/mol. The number of carboxylic acids is 1. The van der Waals surface area contributed by atoms with Crippen molar-refractivity contribution in [3.8, 4) is 0 Å². The molecule has 82 valence electrons. The zero-order chi connectivity index (χ0) is 11.3. The van der Waals surface area contributed by atoms with Crippen molar-refractivity contribution in [3.05, 3.63) is 22.7 Å². The predicted octanol–water partition coefficient (Wildman–Crippen LogP) is 1.41. The molecule has 1 heterocycles. The Morgan fingerprint density at radius 1 is 1.67 bits per heavy atom. The SMILES string of the molecule is COCCCc1ncc(Cl)c(C(=O)O)n1. The summed E-state index contributed by atoms with van der Waals surface area (Å²) < 4.78 is 4.87. The first-order valence-electron chi connectivity index (χ1n) is 4.38. The second-order valence-electron chi connectivity index (χ2n) is 2.88. The van der Waals surface area contributed by atoms with Crippen molar-refractivity contribution in [2.24, 2.45) is 0 Å². The molecule has 5 nitrogen and oxygen atoms in total. The molecule has 0 fully saturated rings. The largest absolute Gasteiger partial charge is 0.476 e. The summed E-state index contributed by atoms with van der Waals surface area (Å²) in [7, 11) is 1.60. The van der Waals surface area contributed by atoms with Gasteiger partial charge in [0.15, 0.2) is 5.69 Å². The Morgan fingerprint density at radius 3 is 3.00 bits per heavy atom. The second-order valence-corrected chi connectivity index (χ2v) is 3.29. The van der Waals surface area contributed by atoms with E-state index in [2.05, 4.69) is 9.97 Å². The van der Waals surface area contributed by atoms with E-state index in [0.717, 1.165) is 6.42 Å². The van der Waals surface area contributed by atoms with E-state index in [1.165, 1.54) is 6.20 Å². The summed E-state index contributed by atoms with van der Waals surface area (Å²) in [6, 6.07) is 0. The Morgan fingerprint density at radius 2 is 2.40 bits per heavy atom. The maximum atomic E-state index is 10.7. The highest BCUT2D eigenvalue weighted by Crippen LogP contribution is 2.12. The fourth-order valence-corrected chi connectivity index (χ4v) is 1.22. The monoisotopic (exact) mass is 230 g/mol. The van der Waals surface area contributed by atoms with Crippen LogP contribution in [0.2, 0.25) is 5.02 Å². The van der Waals surface area contributed by atoms with Gasteiger partial charge < -0.3 is 9.84 Å². The molecule has 15 heavy (non-hydrogen) atoms. The van der Waals surface area contributed by atoms with Crippen LogP contribution in [0.5, 0.6) is 0 Å². The third-order valence-electron chi connectivity index (χ3n) is 1.75. The first-order chi connectivity index (χ1) is 7.15. The highest BCUT2D eigenvalue weighted by Gasteiger charge is 2.11. The van der Waals surface area contributed by atoms with Crippen LogP contribution in [-0.2, 0) is 11.2 Å². The van der Waals surface area contributed by atoms with Gasteiger partial charge in [-0.25, -0.2) is 14.8 Å². The van der Waals surface area contributed by atoms with Gasteiger partial charge in [-0.05, 0) is 6.42 Å². The molecule has 0 aromatic carbocycles. The Kier molecular flexibility index (Phi) is 4.45. The summed E-state index contributed by atoms with van der Waals surface area (Å²) in [4.78, 5) is 18.5. The van der Waals surface area contributed by atoms with E-state index in [4.69, 9.17) is 21.4 Å². The minimum atomic E-state index is -1.14. The van der Waals surface area contributed by atoms with Crippen LogP contribution in [-0.4, -0.2) is 34.8 Å². The summed E-state index contributed by atoms with van der Waals surface area (Å²) in [6.45, 7) is 0.592. The number of aromatic nitrogens is 2. The molecular formula is C9H11ClN2O3. The molecule has 0 amide bonds. The highest BCUT2D eigenvalue weighted by atomic mass is 35.5. The van der Waals surface area contributed by atoms with Gasteiger partial charge in [0.2, 0.25) is 0 Å². The molecule has 0 saturated carbocycles. The minimum absolute atomic E-state index is 0.0537. The molecular weight excluding hydrogens is 220 g/mol. The van der Waals surface area contributed by atoms with E-state index >= 15 is 0 Å². The molecule has 0 unspecified atom stereocenters. The Labute approximate surface area is 92.1 Å². The molecule has 0 bridgehead atoms. The van der Waals surface area contributed by atoms with Crippen LogP contribution in [0.4, 0.5) is 0 Å². The highest BCUT2D eigenvalue weighted by molar-refractivity contribution is 6.33. The lowest BCUT2D eigenvalue weighted by Gasteiger charge is -2.02. The Hall–Kier alpha value is -1.20. The first kappa shape index (κ1) is 11.9. The van der Waals surface area contributed by atoms with Gasteiger partial charge in [0, 0.05) is 20.1 Å². The zero-order valence-electron chi connectivity index (χ0n) is 8.23. The van der Waals surface area contributed by atoms with Crippen molar-refractivity contribution < 1.29 is 14.6 Å². The summed E-state index contributed by atoms with van der Waals surface area (Å²) in [5.74, 6) is -0.677. The van der Waals surface area contributed by atoms with E-state index < -0.39 is 5.97 Å². The van der Waals surface area contributed by atoms with Crippen molar-refractivity contribution in [3.63, 3.8) is 0 Å². The van der Waals surface area contributed by atoms with Crippen molar-refractivity contribution in [2.45, 2.75) is 12.8 Å². The standard InChI is InChI=1S/C9H11ClN2O3/c1-15-4-2-3-7-11-5-6(10)8(12-7)9(13)14/h5H,2-4H2,1H3,(H,13,14). The minimum Gasteiger partial charge on any atom is -0.476 e. The van der Waals surface area contributed by atoms with Crippen molar-refractivity contribution in [1.29, 1.82) is 0 Å². The first-order valence-corrected chi connectivity index (χ1v) is 4.76. The van der Waals surface area contributed by atoms with Crippen molar-refractivity contribution in [1.82, 2.24) is 9.97 Å². The Balaban J connectivity index is 2.74. The van der Waals surface area contributed by atoms with Gasteiger partial charge in [-0.2, -0.15) is 0 Å². The fourth-order valence-electron chi connectivity index (χ4n) is 1.05. The third kappa shape index (κ3) is 3.45. The zero-order valence-corrected chi connectivity index (χ0v) is 8.99. The van der Waals surface area contributed by atoms with Gasteiger partial charge >= 0.3 is 5.97 Å². The van der Waals surface area contributed by atoms with E-state index in [1.54, 1.807) is 7.11 Å². The molecule has 0 saturated heterocycles. The number of carbonyl (C=O) groups is 1. The number of methoxy groups -OCH3 is 1. The van der Waals surface area contributed by atoms with Gasteiger partial charge in [-0.1, -0.05) is 11.6 Å². The summed E-state index contributed by atoms with van der Waals surface area (Å²) in [6.07, 6.45) is 2.63. The van der Waals surface area contributed by atoms with Crippen molar-refractivity contribution >= 4 is 17.6 Å². The molecule has 0 aliphatic rings. The molecule has 0 aliphatic carbocycles. The Bertz CT molecular complexity index is 357. The molecule has 0 spiro atoms. The normalized spacial score (nSPS) is 10.3. The number of halogens is 1.